The molecule has 1 atom stereocenters. The summed E-state index contributed by atoms with van der Waals surface area (Å²) in [5, 5.41) is 20.2. The molecule has 3 aromatic carbocycles. The minimum atomic E-state index is -0.753. The maximum atomic E-state index is 12.8. The molecule has 8 heteroatoms. The van der Waals surface area contributed by atoms with Crippen LogP contribution in [0, 0.1) is 6.92 Å². The first-order valence-electron chi connectivity index (χ1n) is 13.6. The van der Waals surface area contributed by atoms with Crippen LogP contribution in [-0.2, 0) is 21.4 Å². The van der Waals surface area contributed by atoms with Crippen molar-refractivity contribution in [1.82, 2.24) is 5.16 Å². The molecular weight excluding hydrogens is 506 g/mol. The lowest BCUT2D eigenvalue weighted by molar-refractivity contribution is -0.140. The number of carbonyl (C=O) groups excluding carboxylic acids is 1. The number of anilines is 2. The summed E-state index contributed by atoms with van der Waals surface area (Å²) >= 11 is 0. The molecule has 1 aromatic heterocycles. The lowest BCUT2D eigenvalue weighted by Gasteiger charge is -2.24. The number of aromatic nitrogens is 1. The van der Waals surface area contributed by atoms with Crippen LogP contribution in [0.4, 0.5) is 16.2 Å². The highest BCUT2D eigenvalue weighted by Crippen LogP contribution is 2.49. The van der Waals surface area contributed by atoms with E-state index in [0.717, 1.165) is 58.5 Å². The van der Waals surface area contributed by atoms with Crippen LogP contribution in [0.25, 0.3) is 22.5 Å². The van der Waals surface area contributed by atoms with Crippen LogP contribution in [0.5, 0.6) is 0 Å². The smallest absolute Gasteiger partial charge is 0.412 e. The molecule has 8 nitrogen and oxygen atoms in total. The van der Waals surface area contributed by atoms with Crippen molar-refractivity contribution in [3.05, 3.63) is 89.1 Å². The fourth-order valence-electron chi connectivity index (χ4n) is 5.55. The van der Waals surface area contributed by atoms with E-state index >= 15 is 0 Å². The van der Waals surface area contributed by atoms with Gasteiger partial charge in [0.05, 0.1) is 5.41 Å². The van der Waals surface area contributed by atoms with E-state index in [1.165, 1.54) is 0 Å². The van der Waals surface area contributed by atoms with Crippen LogP contribution < -0.4 is 10.6 Å². The highest BCUT2D eigenvalue weighted by atomic mass is 16.6. The van der Waals surface area contributed by atoms with Crippen LogP contribution in [0.1, 0.15) is 54.7 Å². The number of nitrogens with one attached hydrogen (secondary N) is 2. The summed E-state index contributed by atoms with van der Waals surface area (Å²) in [7, 11) is 0. The van der Waals surface area contributed by atoms with Crippen molar-refractivity contribution >= 4 is 23.4 Å². The van der Waals surface area contributed by atoms with Crippen molar-refractivity contribution < 1.29 is 24.0 Å². The number of carboxylic acids is 1. The van der Waals surface area contributed by atoms with Crippen molar-refractivity contribution in [2.75, 3.05) is 17.2 Å². The van der Waals surface area contributed by atoms with Gasteiger partial charge in [0, 0.05) is 17.8 Å². The molecule has 1 unspecified atom stereocenters. The summed E-state index contributed by atoms with van der Waals surface area (Å²) in [5.74, 6) is -0.289. The van der Waals surface area contributed by atoms with E-state index in [9.17, 15) is 14.7 Å². The maximum Gasteiger partial charge on any atom is 0.412 e. The number of ether oxygens (including phenoxy) is 1. The first-order chi connectivity index (χ1) is 19.4. The molecule has 0 saturated heterocycles. The molecule has 3 N–H and O–H groups in total. The summed E-state index contributed by atoms with van der Waals surface area (Å²) in [6, 6.07) is 21.5. The summed E-state index contributed by atoms with van der Waals surface area (Å²) in [4.78, 5) is 24.6. The molecule has 40 heavy (non-hydrogen) atoms. The first kappa shape index (κ1) is 25.7. The number of hydrogen-bond donors (Lipinski definition) is 3. The summed E-state index contributed by atoms with van der Waals surface area (Å²) in [6.45, 7) is 4.42. The Labute approximate surface area is 232 Å². The number of fused-ring (bicyclic) bond motifs is 1. The van der Waals surface area contributed by atoms with Gasteiger partial charge in [-0.15, -0.1) is 0 Å². The Morgan fingerprint density at radius 1 is 1.05 bits per heavy atom. The number of rotatable bonds is 7. The molecule has 1 aliphatic carbocycles. The van der Waals surface area contributed by atoms with E-state index in [4.69, 9.17) is 9.26 Å². The SMILES string of the molecule is Cc1noc(-c2ccc(-c3ccc(C4(C(=O)O)CC4)cc3)c3c2NCCC3)c1NC(=O)OC(C)c1ccccc1. The van der Waals surface area contributed by atoms with E-state index in [0.29, 0.717) is 30.0 Å². The molecule has 0 spiro atoms. The highest BCUT2D eigenvalue weighted by Gasteiger charge is 2.51. The molecule has 4 aromatic rings. The number of aliphatic carboxylic acids is 1. The van der Waals surface area contributed by atoms with Gasteiger partial charge in [0.1, 0.15) is 17.5 Å². The monoisotopic (exact) mass is 537 g/mol. The van der Waals surface area contributed by atoms with E-state index in [1.807, 2.05) is 67.6 Å². The molecule has 204 valence electrons. The molecular formula is C32H31N3O5. The van der Waals surface area contributed by atoms with Crippen molar-refractivity contribution in [1.29, 1.82) is 0 Å². The molecule has 6 rings (SSSR count). The van der Waals surface area contributed by atoms with Crippen molar-refractivity contribution in [3.63, 3.8) is 0 Å². The number of benzene rings is 3. The molecule has 0 radical (unpaired) electrons. The molecule has 1 amide bonds. The normalized spacial score (nSPS) is 15.8. The summed E-state index contributed by atoms with van der Waals surface area (Å²) in [6.07, 6.45) is 2.21. The number of aryl methyl sites for hydroxylation is 1. The fraction of sp³-hybridized carbons (Fsp3) is 0.281. The van der Waals surface area contributed by atoms with Crippen LogP contribution in [0.2, 0.25) is 0 Å². The summed E-state index contributed by atoms with van der Waals surface area (Å²) < 4.78 is 11.4. The Bertz CT molecular complexity index is 1570. The van der Waals surface area contributed by atoms with Crippen molar-refractivity contribution in [2.45, 2.75) is 51.0 Å². The van der Waals surface area contributed by atoms with Gasteiger partial charge in [-0.3, -0.25) is 10.1 Å². The lowest BCUT2D eigenvalue weighted by Crippen LogP contribution is -2.19. The largest absolute Gasteiger partial charge is 0.481 e. The third-order valence-electron chi connectivity index (χ3n) is 8.01. The Balaban J connectivity index is 1.29. The molecule has 2 heterocycles. The predicted octanol–water partition coefficient (Wildman–Crippen LogP) is 7.10. The molecule has 1 saturated carbocycles. The molecule has 0 bridgehead atoms. The fourth-order valence-corrected chi connectivity index (χ4v) is 5.55. The van der Waals surface area contributed by atoms with Crippen LogP contribution in [0.3, 0.4) is 0 Å². The Hall–Kier alpha value is -4.59. The second-order valence-corrected chi connectivity index (χ2v) is 10.6. The minimum Gasteiger partial charge on any atom is -0.481 e. The average Bonchev–Trinajstić information content (AvgIpc) is 3.72. The lowest BCUT2D eigenvalue weighted by atomic mass is 9.88. The number of amides is 1. The van der Waals surface area contributed by atoms with Gasteiger partial charge in [-0.05, 0) is 73.4 Å². The van der Waals surface area contributed by atoms with Crippen LogP contribution in [0.15, 0.2) is 71.3 Å². The molecule has 2 aliphatic rings. The first-order valence-corrected chi connectivity index (χ1v) is 13.6. The highest BCUT2D eigenvalue weighted by molar-refractivity contribution is 5.95. The number of carbonyl (C=O) groups is 2. The quantitative estimate of drug-likeness (QED) is 0.230. The number of nitrogens with zero attached hydrogens (tertiary/aromatic N) is 1. The van der Waals surface area contributed by atoms with Gasteiger partial charge < -0.3 is 19.7 Å². The zero-order chi connectivity index (χ0) is 27.9. The van der Waals surface area contributed by atoms with Gasteiger partial charge >= 0.3 is 12.1 Å². The number of hydrogen-bond acceptors (Lipinski definition) is 6. The van der Waals surface area contributed by atoms with Gasteiger partial charge in [-0.1, -0.05) is 65.8 Å². The predicted molar refractivity (Wildman–Crippen MR) is 152 cm³/mol. The topological polar surface area (TPSA) is 114 Å². The zero-order valence-electron chi connectivity index (χ0n) is 22.5. The Morgan fingerprint density at radius 3 is 2.48 bits per heavy atom. The van der Waals surface area contributed by atoms with E-state index in [2.05, 4.69) is 21.9 Å². The zero-order valence-corrected chi connectivity index (χ0v) is 22.5. The third kappa shape index (κ3) is 4.59. The van der Waals surface area contributed by atoms with Crippen molar-refractivity contribution in [3.8, 4) is 22.5 Å². The molecule has 1 aliphatic heterocycles. The third-order valence-corrected chi connectivity index (χ3v) is 8.01. The van der Waals surface area contributed by atoms with Gasteiger partial charge in [0.2, 0.25) is 0 Å². The van der Waals surface area contributed by atoms with Crippen LogP contribution >= 0.6 is 0 Å². The van der Waals surface area contributed by atoms with E-state index in [1.54, 1.807) is 6.92 Å². The Kier molecular flexibility index (Phi) is 6.54. The Morgan fingerprint density at radius 2 is 1.77 bits per heavy atom. The second kappa shape index (κ2) is 10.2. The number of carboxylic acid groups (broad SMARTS) is 1. The average molecular weight is 538 g/mol. The van der Waals surface area contributed by atoms with Crippen LogP contribution in [-0.4, -0.2) is 28.9 Å². The minimum absolute atomic E-state index is 0.421. The van der Waals surface area contributed by atoms with E-state index < -0.39 is 23.6 Å². The van der Waals surface area contributed by atoms with Gasteiger partial charge in [-0.25, -0.2) is 4.79 Å². The van der Waals surface area contributed by atoms with Gasteiger partial charge in [0.25, 0.3) is 0 Å². The maximum absolute atomic E-state index is 12.8. The van der Waals surface area contributed by atoms with Gasteiger partial charge in [-0.2, -0.15) is 0 Å². The summed E-state index contributed by atoms with van der Waals surface area (Å²) in [5.41, 5.74) is 7.07. The second-order valence-electron chi connectivity index (χ2n) is 10.6. The van der Waals surface area contributed by atoms with E-state index in [-0.39, 0.29) is 0 Å². The van der Waals surface area contributed by atoms with Crippen molar-refractivity contribution in [2.24, 2.45) is 0 Å². The molecule has 1 fully saturated rings. The standard InChI is InChI=1S/C32H31N3O5/c1-19-27(34-31(38)39-20(2)21-7-4-3-5-8-21)29(40-35-19)26-15-14-24(25-9-6-18-33-28(25)26)22-10-12-23(13-11-22)32(16-17-32)30(36)37/h3-5,7-8,10-15,20,33H,6,9,16-18H2,1-2H3,(H,34,38)(H,36,37). The van der Waals surface area contributed by atoms with Gasteiger partial charge in [0.15, 0.2) is 5.76 Å².